The van der Waals surface area contributed by atoms with Crippen molar-refractivity contribution < 1.29 is 14.6 Å². The number of hydrogen-bond acceptors (Lipinski definition) is 5. The molecule has 0 aliphatic carbocycles. The smallest absolute Gasteiger partial charge is 0.319 e. The number of thiazole rings is 1. The first-order chi connectivity index (χ1) is 13.5. The van der Waals surface area contributed by atoms with Crippen LogP contribution < -0.4 is 15.4 Å². The molecular formula is C21H19N3O3S. The molecule has 1 atom stereocenters. The molecule has 1 aromatic heterocycles. The van der Waals surface area contributed by atoms with Crippen LogP contribution in [0.2, 0.25) is 0 Å². The number of aromatic hydroxyl groups is 1. The number of nitrogens with zero attached hydrogens (tertiary/aromatic N) is 1. The van der Waals surface area contributed by atoms with Gasteiger partial charge in [0.15, 0.2) is 0 Å². The Morgan fingerprint density at radius 2 is 1.96 bits per heavy atom. The summed E-state index contributed by atoms with van der Waals surface area (Å²) in [7, 11) is 1.64. The molecule has 1 aliphatic rings. The number of carbonyl (C=O) groups excluding carboxylic acids is 1. The molecule has 0 saturated heterocycles. The van der Waals surface area contributed by atoms with Crippen LogP contribution in [0.4, 0.5) is 4.79 Å². The maximum atomic E-state index is 12.1. The van der Waals surface area contributed by atoms with Gasteiger partial charge in [0.05, 0.1) is 18.8 Å². The standard InChI is InChI=1S/C21H19N3O3S/c1-12-18(19(24-21(26)22-12)14-4-3-5-15(25)10-14)20-23-17(11-28-20)13-6-8-16(27-2)9-7-13/h3-11,19,25H,1-2H3,(H2,22,24,26). The summed E-state index contributed by atoms with van der Waals surface area (Å²) in [5.41, 5.74) is 4.27. The summed E-state index contributed by atoms with van der Waals surface area (Å²) in [6.45, 7) is 1.86. The topological polar surface area (TPSA) is 83.5 Å². The van der Waals surface area contributed by atoms with Gasteiger partial charge >= 0.3 is 6.03 Å². The maximum Gasteiger partial charge on any atom is 0.319 e. The number of phenolic OH excluding ortho intramolecular Hbond substituents is 1. The lowest BCUT2D eigenvalue weighted by Crippen LogP contribution is -2.42. The Morgan fingerprint density at radius 3 is 2.68 bits per heavy atom. The van der Waals surface area contributed by atoms with Gasteiger partial charge in [-0.2, -0.15) is 0 Å². The minimum absolute atomic E-state index is 0.153. The van der Waals surface area contributed by atoms with Crippen molar-refractivity contribution in [3.63, 3.8) is 0 Å². The minimum atomic E-state index is -0.393. The molecule has 0 bridgehead atoms. The number of rotatable bonds is 4. The Kier molecular flexibility index (Phi) is 4.75. The van der Waals surface area contributed by atoms with E-state index in [0.29, 0.717) is 0 Å². The number of allylic oxidation sites excluding steroid dienone is 1. The SMILES string of the molecule is COc1ccc(-c2csc(C3=C(C)NC(=O)NC3c3cccc(O)c3)n2)cc1. The third-order valence-electron chi connectivity index (χ3n) is 4.59. The zero-order valence-corrected chi connectivity index (χ0v) is 16.2. The molecule has 2 amide bonds. The Hall–Kier alpha value is -3.32. The molecule has 1 aliphatic heterocycles. The Labute approximate surface area is 166 Å². The molecule has 0 radical (unpaired) electrons. The van der Waals surface area contributed by atoms with Crippen molar-refractivity contribution >= 4 is 22.9 Å². The lowest BCUT2D eigenvalue weighted by atomic mass is 9.96. The van der Waals surface area contributed by atoms with Crippen LogP contribution in [-0.2, 0) is 0 Å². The van der Waals surface area contributed by atoms with E-state index in [4.69, 9.17) is 9.72 Å². The summed E-state index contributed by atoms with van der Waals surface area (Å²) >= 11 is 1.51. The quantitative estimate of drug-likeness (QED) is 0.617. The number of benzene rings is 2. The molecule has 6 nitrogen and oxygen atoms in total. The van der Waals surface area contributed by atoms with E-state index in [1.807, 2.05) is 42.6 Å². The second kappa shape index (κ2) is 7.36. The van der Waals surface area contributed by atoms with Crippen molar-refractivity contribution in [2.45, 2.75) is 13.0 Å². The molecular weight excluding hydrogens is 374 g/mol. The molecule has 4 rings (SSSR count). The van der Waals surface area contributed by atoms with Crippen molar-refractivity contribution in [2.75, 3.05) is 7.11 Å². The first kappa shape index (κ1) is 18.1. The first-order valence-corrected chi connectivity index (χ1v) is 9.60. The maximum absolute atomic E-state index is 12.1. The molecule has 7 heteroatoms. The predicted octanol–water partition coefficient (Wildman–Crippen LogP) is 4.31. The van der Waals surface area contributed by atoms with Crippen molar-refractivity contribution in [1.82, 2.24) is 15.6 Å². The van der Waals surface area contributed by atoms with Crippen LogP contribution in [0.3, 0.4) is 0 Å². The van der Waals surface area contributed by atoms with Gasteiger partial charge in [0, 0.05) is 22.2 Å². The Bertz CT molecular complexity index is 1060. The zero-order valence-electron chi connectivity index (χ0n) is 15.4. The minimum Gasteiger partial charge on any atom is -0.508 e. The van der Waals surface area contributed by atoms with E-state index in [0.717, 1.165) is 38.8 Å². The van der Waals surface area contributed by atoms with Crippen LogP contribution in [0, 0.1) is 0 Å². The number of urea groups is 1. The third-order valence-corrected chi connectivity index (χ3v) is 5.47. The fourth-order valence-electron chi connectivity index (χ4n) is 3.22. The van der Waals surface area contributed by atoms with Crippen LogP contribution in [0.1, 0.15) is 23.5 Å². The molecule has 0 fully saturated rings. The monoisotopic (exact) mass is 393 g/mol. The largest absolute Gasteiger partial charge is 0.508 e. The van der Waals surface area contributed by atoms with Crippen LogP contribution in [0.5, 0.6) is 11.5 Å². The number of nitrogens with one attached hydrogen (secondary N) is 2. The highest BCUT2D eigenvalue weighted by atomic mass is 32.1. The summed E-state index contributed by atoms with van der Waals surface area (Å²) in [4.78, 5) is 16.9. The number of ether oxygens (including phenoxy) is 1. The van der Waals surface area contributed by atoms with E-state index in [1.165, 1.54) is 11.3 Å². The van der Waals surface area contributed by atoms with Crippen molar-refractivity contribution in [2.24, 2.45) is 0 Å². The van der Waals surface area contributed by atoms with Crippen LogP contribution in [0.15, 0.2) is 59.6 Å². The van der Waals surface area contributed by atoms with E-state index in [1.54, 1.807) is 25.3 Å². The van der Waals surface area contributed by atoms with Crippen molar-refractivity contribution in [3.8, 4) is 22.8 Å². The number of hydrogen-bond donors (Lipinski definition) is 3. The van der Waals surface area contributed by atoms with E-state index < -0.39 is 6.04 Å². The molecule has 1 unspecified atom stereocenters. The van der Waals surface area contributed by atoms with Gasteiger partial charge in [0.2, 0.25) is 0 Å². The fraction of sp³-hybridized carbons (Fsp3) is 0.143. The van der Waals surface area contributed by atoms with E-state index in [2.05, 4.69) is 10.6 Å². The van der Waals surface area contributed by atoms with Crippen LogP contribution in [-0.4, -0.2) is 23.2 Å². The molecule has 0 spiro atoms. The summed E-state index contributed by atoms with van der Waals surface area (Å²) in [6, 6.07) is 14.0. The second-order valence-corrected chi connectivity index (χ2v) is 7.29. The highest BCUT2D eigenvalue weighted by Crippen LogP contribution is 2.38. The highest BCUT2D eigenvalue weighted by molar-refractivity contribution is 7.11. The average Bonchev–Trinajstić information content (AvgIpc) is 3.17. The number of amides is 2. The number of methoxy groups -OCH3 is 1. The zero-order chi connectivity index (χ0) is 19.7. The number of phenols is 1. The second-order valence-electron chi connectivity index (χ2n) is 6.43. The van der Waals surface area contributed by atoms with Gasteiger partial charge in [-0.1, -0.05) is 12.1 Å². The highest BCUT2D eigenvalue weighted by Gasteiger charge is 2.29. The lowest BCUT2D eigenvalue weighted by molar-refractivity contribution is 0.240. The molecule has 28 heavy (non-hydrogen) atoms. The van der Waals surface area contributed by atoms with Gasteiger partial charge in [0.1, 0.15) is 16.5 Å². The fourth-order valence-corrected chi connectivity index (χ4v) is 4.18. The van der Waals surface area contributed by atoms with Crippen LogP contribution in [0.25, 0.3) is 16.8 Å². The van der Waals surface area contributed by atoms with E-state index in [-0.39, 0.29) is 11.8 Å². The number of carbonyl (C=O) groups is 1. The lowest BCUT2D eigenvalue weighted by Gasteiger charge is -2.28. The number of aromatic nitrogens is 1. The first-order valence-electron chi connectivity index (χ1n) is 8.72. The molecule has 2 aromatic carbocycles. The van der Waals surface area contributed by atoms with Gasteiger partial charge in [-0.05, 0) is 48.9 Å². The molecule has 2 heterocycles. The Morgan fingerprint density at radius 1 is 1.18 bits per heavy atom. The van der Waals surface area contributed by atoms with E-state index in [9.17, 15) is 9.90 Å². The normalized spacial score (nSPS) is 16.5. The van der Waals surface area contributed by atoms with Crippen LogP contribution >= 0.6 is 11.3 Å². The molecule has 3 aromatic rings. The van der Waals surface area contributed by atoms with Gasteiger partial charge in [0.25, 0.3) is 0 Å². The third kappa shape index (κ3) is 3.44. The van der Waals surface area contributed by atoms with Crippen molar-refractivity contribution in [1.29, 1.82) is 0 Å². The molecule has 0 saturated carbocycles. The van der Waals surface area contributed by atoms with Gasteiger partial charge in [-0.3, -0.25) is 0 Å². The summed E-state index contributed by atoms with van der Waals surface area (Å²) in [6.07, 6.45) is 0. The van der Waals surface area contributed by atoms with Gasteiger partial charge in [-0.15, -0.1) is 11.3 Å². The van der Waals surface area contributed by atoms with Gasteiger partial charge < -0.3 is 20.5 Å². The average molecular weight is 393 g/mol. The van der Waals surface area contributed by atoms with Crippen molar-refractivity contribution in [3.05, 3.63) is 70.2 Å². The predicted molar refractivity (Wildman–Crippen MR) is 109 cm³/mol. The molecule has 3 N–H and O–H groups in total. The summed E-state index contributed by atoms with van der Waals surface area (Å²) < 4.78 is 5.21. The Balaban J connectivity index is 1.74. The summed E-state index contributed by atoms with van der Waals surface area (Å²) in [5, 5.41) is 18.4. The van der Waals surface area contributed by atoms with E-state index >= 15 is 0 Å². The summed E-state index contributed by atoms with van der Waals surface area (Å²) in [5.74, 6) is 0.946. The molecule has 142 valence electrons. The van der Waals surface area contributed by atoms with Gasteiger partial charge in [-0.25, -0.2) is 9.78 Å².